The van der Waals surface area contributed by atoms with Crippen LogP contribution in [0.4, 0.5) is 0 Å². The lowest BCUT2D eigenvalue weighted by molar-refractivity contribution is 0.0599. The molecule has 0 aromatic heterocycles. The van der Waals surface area contributed by atoms with E-state index in [0.717, 1.165) is 24.9 Å². The molecule has 0 fully saturated rings. The van der Waals surface area contributed by atoms with Crippen LogP contribution in [0.2, 0.25) is 0 Å². The molecule has 1 N–H and O–H groups in total. The molecule has 0 saturated heterocycles. The molecule has 3 nitrogen and oxygen atoms in total. The number of carbonyl (C=O) groups is 1. The topological polar surface area (TPSA) is 38.3 Å². The average molecular weight is 283 g/mol. The van der Waals surface area contributed by atoms with Crippen LogP contribution in [-0.4, -0.2) is 19.6 Å². The van der Waals surface area contributed by atoms with E-state index in [4.69, 9.17) is 4.74 Å². The van der Waals surface area contributed by atoms with Gasteiger partial charge in [0.2, 0.25) is 0 Å². The Morgan fingerprint density at radius 1 is 1.05 bits per heavy atom. The first-order valence-corrected chi connectivity index (χ1v) is 7.22. The van der Waals surface area contributed by atoms with Crippen LogP contribution in [0.1, 0.15) is 27.9 Å². The average Bonchev–Trinajstić information content (AvgIpc) is 2.55. The molecule has 2 aromatic carbocycles. The molecule has 0 aliphatic rings. The van der Waals surface area contributed by atoms with E-state index >= 15 is 0 Å². The number of hydrogen-bond donors (Lipinski definition) is 1. The maximum Gasteiger partial charge on any atom is 0.338 e. The maximum atomic E-state index is 11.7. The van der Waals surface area contributed by atoms with E-state index in [1.54, 1.807) is 6.07 Å². The number of benzene rings is 2. The Balaban J connectivity index is 1.77. The van der Waals surface area contributed by atoms with Gasteiger partial charge in [-0.3, -0.25) is 0 Å². The van der Waals surface area contributed by atoms with E-state index in [-0.39, 0.29) is 5.97 Å². The van der Waals surface area contributed by atoms with E-state index in [2.05, 4.69) is 29.6 Å². The van der Waals surface area contributed by atoms with Gasteiger partial charge in [-0.2, -0.15) is 0 Å². The fourth-order valence-corrected chi connectivity index (χ4v) is 2.27. The van der Waals surface area contributed by atoms with E-state index in [1.807, 2.05) is 24.3 Å². The minimum Gasteiger partial charge on any atom is -0.465 e. The number of rotatable bonds is 7. The molecule has 3 heteroatoms. The molecule has 0 spiro atoms. The van der Waals surface area contributed by atoms with Crippen molar-refractivity contribution in [2.45, 2.75) is 19.4 Å². The van der Waals surface area contributed by atoms with Crippen LogP contribution in [0.3, 0.4) is 0 Å². The Hall–Kier alpha value is -2.13. The molecule has 0 amide bonds. The lowest BCUT2D eigenvalue weighted by Crippen LogP contribution is -2.18. The zero-order valence-corrected chi connectivity index (χ0v) is 12.3. The minimum absolute atomic E-state index is 0.281. The van der Waals surface area contributed by atoms with Gasteiger partial charge in [-0.15, -0.1) is 0 Å². The summed E-state index contributed by atoms with van der Waals surface area (Å²) in [6.45, 7) is 1.60. The molecule has 0 atom stereocenters. The third kappa shape index (κ3) is 4.72. The molecule has 0 saturated carbocycles. The number of hydrogen-bond acceptors (Lipinski definition) is 3. The Morgan fingerprint density at radius 2 is 1.76 bits per heavy atom. The zero-order chi connectivity index (χ0) is 14.9. The largest absolute Gasteiger partial charge is 0.465 e. The Bertz CT molecular complexity index is 566. The lowest BCUT2D eigenvalue weighted by atomic mass is 10.1. The molecular formula is C18H21NO2. The van der Waals surface area contributed by atoms with Gasteiger partial charge in [0, 0.05) is 6.54 Å². The van der Waals surface area contributed by atoms with E-state index < -0.39 is 0 Å². The number of nitrogens with one attached hydrogen (secondary N) is 1. The third-order valence-electron chi connectivity index (χ3n) is 3.40. The molecule has 2 aromatic rings. The highest BCUT2D eigenvalue weighted by molar-refractivity contribution is 5.90. The van der Waals surface area contributed by atoms with Crippen LogP contribution in [0.15, 0.2) is 54.6 Å². The summed E-state index contributed by atoms with van der Waals surface area (Å²) in [5.74, 6) is -0.281. The maximum absolute atomic E-state index is 11.7. The van der Waals surface area contributed by atoms with Crippen molar-refractivity contribution in [1.82, 2.24) is 5.32 Å². The van der Waals surface area contributed by atoms with Crippen LogP contribution in [-0.2, 0) is 17.7 Å². The van der Waals surface area contributed by atoms with Crippen molar-refractivity contribution < 1.29 is 9.53 Å². The fourth-order valence-electron chi connectivity index (χ4n) is 2.27. The first-order valence-electron chi connectivity index (χ1n) is 7.22. The van der Waals surface area contributed by atoms with Crippen LogP contribution in [0.25, 0.3) is 0 Å². The first-order chi connectivity index (χ1) is 10.3. The number of ether oxygens (including phenoxy) is 1. The van der Waals surface area contributed by atoms with Crippen molar-refractivity contribution in [2.24, 2.45) is 0 Å². The molecule has 0 aliphatic carbocycles. The van der Waals surface area contributed by atoms with Crippen molar-refractivity contribution in [1.29, 1.82) is 0 Å². The molecule has 0 unspecified atom stereocenters. The second kappa shape index (κ2) is 8.22. The quantitative estimate of drug-likeness (QED) is 0.626. The lowest BCUT2D eigenvalue weighted by Gasteiger charge is -2.09. The molecule has 2 rings (SSSR count). The molecule has 21 heavy (non-hydrogen) atoms. The second-order valence-corrected chi connectivity index (χ2v) is 4.91. The van der Waals surface area contributed by atoms with Gasteiger partial charge < -0.3 is 10.1 Å². The highest BCUT2D eigenvalue weighted by Gasteiger charge is 2.09. The Morgan fingerprint density at radius 3 is 2.52 bits per heavy atom. The van der Waals surface area contributed by atoms with Crippen LogP contribution in [0, 0.1) is 0 Å². The van der Waals surface area contributed by atoms with Gasteiger partial charge >= 0.3 is 5.97 Å². The van der Waals surface area contributed by atoms with E-state index in [9.17, 15) is 4.79 Å². The van der Waals surface area contributed by atoms with Crippen molar-refractivity contribution >= 4 is 5.97 Å². The van der Waals surface area contributed by atoms with Crippen molar-refractivity contribution in [2.75, 3.05) is 13.7 Å². The molecule has 0 aliphatic heterocycles. The predicted octanol–water partition coefficient (Wildman–Crippen LogP) is 3.20. The summed E-state index contributed by atoms with van der Waals surface area (Å²) < 4.78 is 4.80. The van der Waals surface area contributed by atoms with Gasteiger partial charge in [-0.1, -0.05) is 48.5 Å². The summed E-state index contributed by atoms with van der Waals surface area (Å²) in [6, 6.07) is 18.0. The van der Waals surface area contributed by atoms with E-state index in [0.29, 0.717) is 12.1 Å². The predicted molar refractivity (Wildman–Crippen MR) is 84.3 cm³/mol. The number of esters is 1. The highest BCUT2D eigenvalue weighted by Crippen LogP contribution is 2.10. The van der Waals surface area contributed by atoms with Crippen molar-refractivity contribution in [3.8, 4) is 0 Å². The molecule has 110 valence electrons. The normalized spacial score (nSPS) is 10.3. The summed E-state index contributed by atoms with van der Waals surface area (Å²) in [6.07, 6.45) is 2.14. The van der Waals surface area contributed by atoms with Crippen LogP contribution < -0.4 is 5.32 Å². The van der Waals surface area contributed by atoms with Crippen LogP contribution in [0.5, 0.6) is 0 Å². The summed E-state index contributed by atoms with van der Waals surface area (Å²) >= 11 is 0. The summed E-state index contributed by atoms with van der Waals surface area (Å²) in [5.41, 5.74) is 2.97. The zero-order valence-electron chi connectivity index (χ0n) is 12.3. The summed E-state index contributed by atoms with van der Waals surface area (Å²) in [4.78, 5) is 11.7. The monoisotopic (exact) mass is 283 g/mol. The van der Waals surface area contributed by atoms with Gasteiger partial charge in [-0.05, 0) is 36.6 Å². The van der Waals surface area contributed by atoms with Gasteiger partial charge in [-0.25, -0.2) is 4.79 Å². The minimum atomic E-state index is -0.281. The smallest absolute Gasteiger partial charge is 0.338 e. The van der Waals surface area contributed by atoms with Gasteiger partial charge in [0.15, 0.2) is 0 Å². The van der Waals surface area contributed by atoms with Crippen molar-refractivity contribution in [3.63, 3.8) is 0 Å². The number of methoxy groups -OCH3 is 1. The SMILES string of the molecule is COC(=O)c1ccccc1CNCCCc1ccccc1. The van der Waals surface area contributed by atoms with Crippen LogP contribution >= 0.6 is 0 Å². The van der Waals surface area contributed by atoms with Gasteiger partial charge in [0.1, 0.15) is 0 Å². The standard InChI is InChI=1S/C18H21NO2/c1-21-18(20)17-12-6-5-11-16(17)14-19-13-7-10-15-8-3-2-4-9-15/h2-6,8-9,11-12,19H,7,10,13-14H2,1H3. The molecule has 0 bridgehead atoms. The Kier molecular flexibility index (Phi) is 5.98. The highest BCUT2D eigenvalue weighted by atomic mass is 16.5. The summed E-state index contributed by atoms with van der Waals surface area (Å²) in [7, 11) is 1.41. The fraction of sp³-hybridized carbons (Fsp3) is 0.278. The molecular weight excluding hydrogens is 262 g/mol. The van der Waals surface area contributed by atoms with Gasteiger partial charge in [0.25, 0.3) is 0 Å². The molecule has 0 radical (unpaired) electrons. The Labute approximate surface area is 126 Å². The third-order valence-corrected chi connectivity index (χ3v) is 3.40. The number of carbonyl (C=O) groups excluding carboxylic acids is 1. The first kappa shape index (κ1) is 15.3. The number of aryl methyl sites for hydroxylation is 1. The van der Waals surface area contributed by atoms with Gasteiger partial charge in [0.05, 0.1) is 12.7 Å². The van der Waals surface area contributed by atoms with Crippen molar-refractivity contribution in [3.05, 3.63) is 71.3 Å². The molecule has 0 heterocycles. The second-order valence-electron chi connectivity index (χ2n) is 4.91. The summed E-state index contributed by atoms with van der Waals surface area (Å²) in [5, 5.41) is 3.38. The van der Waals surface area contributed by atoms with E-state index in [1.165, 1.54) is 12.7 Å².